The summed E-state index contributed by atoms with van der Waals surface area (Å²) in [6, 6.07) is 15.6. The maximum Gasteiger partial charge on any atom is 0.335 e. The van der Waals surface area contributed by atoms with E-state index in [9.17, 15) is 30.0 Å². The van der Waals surface area contributed by atoms with Crippen LogP contribution in [0.2, 0.25) is 0 Å². The van der Waals surface area contributed by atoms with Gasteiger partial charge in [0.15, 0.2) is 5.60 Å². The van der Waals surface area contributed by atoms with Crippen LogP contribution in [0.3, 0.4) is 0 Å². The lowest BCUT2D eigenvalue weighted by atomic mass is 9.81. The van der Waals surface area contributed by atoms with Gasteiger partial charge in [-0.2, -0.15) is 0 Å². The normalized spacial score (nSPS) is 26.8. The van der Waals surface area contributed by atoms with E-state index in [1.54, 1.807) is 43.3 Å². The second-order valence-corrected chi connectivity index (χ2v) is 8.46. The predicted molar refractivity (Wildman–Crippen MR) is 118 cm³/mol. The molecular formula is C24H29NO8. The van der Waals surface area contributed by atoms with Crippen molar-refractivity contribution in [2.24, 2.45) is 5.92 Å². The van der Waals surface area contributed by atoms with Gasteiger partial charge in [0, 0.05) is 24.4 Å². The number of carbonyl (C=O) groups excluding carboxylic acids is 1. The zero-order valence-electron chi connectivity index (χ0n) is 18.4. The van der Waals surface area contributed by atoms with Crippen molar-refractivity contribution >= 4 is 11.9 Å². The van der Waals surface area contributed by atoms with Crippen LogP contribution in [0.4, 0.5) is 0 Å². The molecular weight excluding hydrogens is 430 g/mol. The molecule has 0 saturated carbocycles. The molecule has 2 aromatic carbocycles. The number of benzene rings is 2. The number of para-hydroxylation sites is 1. The summed E-state index contributed by atoms with van der Waals surface area (Å²) in [7, 11) is 0. The Balaban J connectivity index is 1.60. The number of aliphatic hydroxyl groups is 3. The molecule has 33 heavy (non-hydrogen) atoms. The van der Waals surface area contributed by atoms with Crippen LogP contribution in [0.25, 0.3) is 0 Å². The molecule has 2 aromatic rings. The van der Waals surface area contributed by atoms with Crippen molar-refractivity contribution < 1.29 is 39.5 Å². The highest BCUT2D eigenvalue weighted by Gasteiger charge is 2.50. The third kappa shape index (κ3) is 5.88. The molecule has 0 radical (unpaired) electrons. The number of carboxylic acid groups (broad SMARTS) is 1. The Morgan fingerprint density at radius 2 is 1.82 bits per heavy atom. The van der Waals surface area contributed by atoms with Gasteiger partial charge in [-0.3, -0.25) is 4.79 Å². The molecule has 1 saturated heterocycles. The van der Waals surface area contributed by atoms with Gasteiger partial charge in [-0.15, -0.1) is 0 Å². The number of carboxylic acids is 1. The Morgan fingerprint density at radius 1 is 1.15 bits per heavy atom. The van der Waals surface area contributed by atoms with Gasteiger partial charge >= 0.3 is 5.97 Å². The van der Waals surface area contributed by atoms with Gasteiger partial charge in [-0.25, -0.2) is 4.79 Å². The van der Waals surface area contributed by atoms with Crippen molar-refractivity contribution in [3.8, 4) is 11.5 Å². The maximum atomic E-state index is 12.6. The summed E-state index contributed by atoms with van der Waals surface area (Å²) in [6.07, 6.45) is -5.28. The minimum absolute atomic E-state index is 0.138. The van der Waals surface area contributed by atoms with Gasteiger partial charge in [-0.1, -0.05) is 31.2 Å². The first-order valence-electron chi connectivity index (χ1n) is 10.7. The number of hydrogen-bond donors (Lipinski definition) is 5. The molecule has 1 heterocycles. The molecule has 0 aliphatic carbocycles. The van der Waals surface area contributed by atoms with E-state index in [0.29, 0.717) is 17.1 Å². The molecule has 0 aromatic heterocycles. The third-order valence-corrected chi connectivity index (χ3v) is 5.85. The number of rotatable bonds is 8. The average molecular weight is 459 g/mol. The largest absolute Gasteiger partial charge is 0.479 e. The second-order valence-electron chi connectivity index (χ2n) is 8.46. The fourth-order valence-electron chi connectivity index (χ4n) is 3.74. The van der Waals surface area contributed by atoms with Crippen LogP contribution in [0.1, 0.15) is 30.6 Å². The number of nitrogens with one attached hydrogen (secondary N) is 1. The topological polar surface area (TPSA) is 146 Å². The molecule has 1 unspecified atom stereocenters. The predicted octanol–water partition coefficient (Wildman–Crippen LogP) is 1.56. The first kappa shape index (κ1) is 24.7. The summed E-state index contributed by atoms with van der Waals surface area (Å²) in [5.74, 6) is -1.31. The van der Waals surface area contributed by atoms with Gasteiger partial charge < -0.3 is 35.2 Å². The lowest BCUT2D eigenvalue weighted by molar-refractivity contribution is -0.230. The monoisotopic (exact) mass is 459 g/mol. The van der Waals surface area contributed by atoms with Crippen molar-refractivity contribution in [3.05, 3.63) is 60.2 Å². The first-order chi connectivity index (χ1) is 15.6. The van der Waals surface area contributed by atoms with Crippen LogP contribution < -0.4 is 10.1 Å². The van der Waals surface area contributed by atoms with Crippen LogP contribution >= 0.6 is 0 Å². The average Bonchev–Trinajstić information content (AvgIpc) is 2.80. The molecule has 1 aliphatic rings. The Labute approximate surface area is 191 Å². The third-order valence-electron chi connectivity index (χ3n) is 5.85. The van der Waals surface area contributed by atoms with E-state index in [2.05, 4.69) is 5.32 Å². The number of amides is 1. The molecule has 1 amide bonds. The lowest BCUT2D eigenvalue weighted by Crippen LogP contribution is -2.59. The number of ether oxygens (including phenoxy) is 2. The highest BCUT2D eigenvalue weighted by molar-refractivity contribution is 5.94. The quantitative estimate of drug-likeness (QED) is 0.400. The SMILES string of the molecule is C[C@H]1C([C@H](O)[C@H](O)CNC(=O)c2cccc(Oc3ccccc3)c2)O[C@@](C)(C(=O)O)C[C@H]1O. The number of aliphatic hydroxyl groups excluding tert-OH is 3. The maximum absolute atomic E-state index is 12.6. The summed E-state index contributed by atoms with van der Waals surface area (Å²) in [5, 5.41) is 43.2. The zero-order chi connectivity index (χ0) is 24.2. The summed E-state index contributed by atoms with van der Waals surface area (Å²) in [5.41, 5.74) is -1.40. The number of aliphatic carboxylic acids is 1. The Morgan fingerprint density at radius 3 is 2.48 bits per heavy atom. The second kappa shape index (κ2) is 10.3. The van der Waals surface area contributed by atoms with Gasteiger partial charge in [-0.05, 0) is 37.3 Å². The lowest BCUT2D eigenvalue weighted by Gasteiger charge is -2.44. The van der Waals surface area contributed by atoms with Crippen molar-refractivity contribution in [1.29, 1.82) is 0 Å². The smallest absolute Gasteiger partial charge is 0.335 e. The zero-order valence-corrected chi connectivity index (χ0v) is 18.4. The molecule has 9 nitrogen and oxygen atoms in total. The fourth-order valence-corrected chi connectivity index (χ4v) is 3.74. The molecule has 1 aliphatic heterocycles. The highest BCUT2D eigenvalue weighted by atomic mass is 16.6. The Bertz CT molecular complexity index is 968. The van der Waals surface area contributed by atoms with Crippen LogP contribution in [0.15, 0.2) is 54.6 Å². The minimum Gasteiger partial charge on any atom is -0.479 e. The minimum atomic E-state index is -1.69. The molecule has 1 fully saturated rings. The van der Waals surface area contributed by atoms with E-state index in [0.717, 1.165) is 0 Å². The summed E-state index contributed by atoms with van der Waals surface area (Å²) >= 11 is 0. The van der Waals surface area contributed by atoms with Crippen molar-refractivity contribution in [3.63, 3.8) is 0 Å². The molecule has 9 heteroatoms. The van der Waals surface area contributed by atoms with E-state index in [1.165, 1.54) is 6.92 Å². The summed E-state index contributed by atoms with van der Waals surface area (Å²) in [4.78, 5) is 24.1. The first-order valence-corrected chi connectivity index (χ1v) is 10.7. The standard InChI is InChI=1S/C24H29NO8/c1-14-18(26)12-24(2,23(30)31)33-21(14)20(28)19(27)13-25-22(29)15-7-6-10-17(11-15)32-16-8-4-3-5-9-16/h3-11,14,18-21,26-28H,12-13H2,1-2H3,(H,25,29)(H,30,31)/t14-,18-,19-,20-,21?,24-/m1/s1. The van der Waals surface area contributed by atoms with Crippen LogP contribution in [0, 0.1) is 5.92 Å². The van der Waals surface area contributed by atoms with Gasteiger partial charge in [0.05, 0.1) is 18.3 Å². The van der Waals surface area contributed by atoms with E-state index in [4.69, 9.17) is 9.47 Å². The summed E-state index contributed by atoms with van der Waals surface area (Å²) in [6.45, 7) is 2.60. The molecule has 3 rings (SSSR count). The Kier molecular flexibility index (Phi) is 7.70. The molecule has 178 valence electrons. The van der Waals surface area contributed by atoms with Crippen molar-refractivity contribution in [2.45, 2.75) is 50.3 Å². The van der Waals surface area contributed by atoms with Gasteiger partial charge in [0.25, 0.3) is 5.91 Å². The fraction of sp³-hybridized carbons (Fsp3) is 0.417. The van der Waals surface area contributed by atoms with Crippen molar-refractivity contribution in [2.75, 3.05) is 6.54 Å². The van der Waals surface area contributed by atoms with E-state index in [1.807, 2.05) is 18.2 Å². The molecule has 0 spiro atoms. The van der Waals surface area contributed by atoms with Crippen LogP contribution in [-0.2, 0) is 9.53 Å². The molecule has 5 N–H and O–H groups in total. The number of hydrogen-bond acceptors (Lipinski definition) is 7. The Hall–Kier alpha value is -2.98. The van der Waals surface area contributed by atoms with E-state index in [-0.39, 0.29) is 13.0 Å². The van der Waals surface area contributed by atoms with Crippen LogP contribution in [0.5, 0.6) is 11.5 Å². The summed E-state index contributed by atoms with van der Waals surface area (Å²) < 4.78 is 11.3. The van der Waals surface area contributed by atoms with Crippen molar-refractivity contribution in [1.82, 2.24) is 5.32 Å². The van der Waals surface area contributed by atoms with Crippen LogP contribution in [-0.4, -0.2) is 68.9 Å². The number of carbonyl (C=O) groups is 2. The highest BCUT2D eigenvalue weighted by Crippen LogP contribution is 2.35. The van der Waals surface area contributed by atoms with Gasteiger partial charge in [0.1, 0.15) is 17.6 Å². The van der Waals surface area contributed by atoms with E-state index >= 15 is 0 Å². The molecule has 0 bridgehead atoms. The molecule has 6 atom stereocenters. The van der Waals surface area contributed by atoms with E-state index < -0.39 is 47.8 Å². The van der Waals surface area contributed by atoms with Gasteiger partial charge in [0.2, 0.25) is 0 Å².